The first-order valence-electron chi connectivity index (χ1n) is 12.7. The van der Waals surface area contributed by atoms with Crippen molar-refractivity contribution in [1.82, 2.24) is 5.32 Å². The summed E-state index contributed by atoms with van der Waals surface area (Å²) in [7, 11) is 0. The SMILES string of the molecule is CC(C)CC1C(=O)Nc2cc(C(=O)NCc3cccc(CN)c3)ccc2N1C(=O)C1CCCCC1. The first-order chi connectivity index (χ1) is 16.9. The van der Waals surface area contributed by atoms with Gasteiger partial charge in [0.05, 0.1) is 11.4 Å². The van der Waals surface area contributed by atoms with Crippen molar-refractivity contribution in [2.24, 2.45) is 17.6 Å². The Morgan fingerprint density at radius 2 is 1.83 bits per heavy atom. The minimum Gasteiger partial charge on any atom is -0.348 e. The Labute approximate surface area is 207 Å². The fraction of sp³-hybridized carbons (Fsp3) is 0.464. The molecule has 0 aromatic heterocycles. The Balaban J connectivity index is 1.57. The summed E-state index contributed by atoms with van der Waals surface area (Å²) >= 11 is 0. The maximum Gasteiger partial charge on any atom is 0.251 e. The molecule has 4 N–H and O–H groups in total. The van der Waals surface area contributed by atoms with Gasteiger partial charge in [-0.05, 0) is 54.5 Å². The van der Waals surface area contributed by atoms with Gasteiger partial charge < -0.3 is 16.4 Å². The molecular weight excluding hydrogens is 440 g/mol. The molecule has 1 atom stereocenters. The summed E-state index contributed by atoms with van der Waals surface area (Å²) < 4.78 is 0. The summed E-state index contributed by atoms with van der Waals surface area (Å²) in [5.74, 6) is -0.189. The first kappa shape index (κ1) is 24.9. The van der Waals surface area contributed by atoms with Crippen LogP contribution in [0.25, 0.3) is 0 Å². The number of hydrogen-bond donors (Lipinski definition) is 3. The topological polar surface area (TPSA) is 105 Å². The molecule has 1 aliphatic carbocycles. The highest BCUT2D eigenvalue weighted by molar-refractivity contribution is 6.13. The molecule has 7 heteroatoms. The van der Waals surface area contributed by atoms with Crippen LogP contribution in [0.2, 0.25) is 0 Å². The highest BCUT2D eigenvalue weighted by Gasteiger charge is 2.40. The standard InChI is InChI=1S/C28H36N4O3/c1-18(2)13-25-27(34)31-23-15-22(26(33)30-17-20-8-6-7-19(14-20)16-29)11-12-24(23)32(25)28(35)21-9-4-3-5-10-21/h6-8,11-12,14-15,18,21,25H,3-5,9-10,13,16-17,29H2,1-2H3,(H,30,33)(H,31,34). The average molecular weight is 477 g/mol. The molecule has 4 rings (SSSR count). The number of anilines is 2. The van der Waals surface area contributed by atoms with Crippen molar-refractivity contribution < 1.29 is 14.4 Å². The Morgan fingerprint density at radius 3 is 2.54 bits per heavy atom. The number of rotatable bonds is 7. The summed E-state index contributed by atoms with van der Waals surface area (Å²) in [5, 5.41) is 5.89. The van der Waals surface area contributed by atoms with Crippen LogP contribution in [-0.2, 0) is 22.7 Å². The third kappa shape index (κ3) is 5.73. The van der Waals surface area contributed by atoms with E-state index in [4.69, 9.17) is 5.73 Å². The van der Waals surface area contributed by atoms with Gasteiger partial charge in [-0.3, -0.25) is 19.3 Å². The lowest BCUT2D eigenvalue weighted by Crippen LogP contribution is -2.53. The van der Waals surface area contributed by atoms with E-state index in [1.165, 1.54) is 0 Å². The second-order valence-corrected chi connectivity index (χ2v) is 10.1. The van der Waals surface area contributed by atoms with Crippen molar-refractivity contribution in [3.05, 3.63) is 59.2 Å². The molecule has 1 saturated carbocycles. The Hall–Kier alpha value is -3.19. The van der Waals surface area contributed by atoms with Crippen molar-refractivity contribution in [2.75, 3.05) is 10.2 Å². The zero-order valence-electron chi connectivity index (χ0n) is 20.7. The lowest BCUT2D eigenvalue weighted by molar-refractivity contribution is -0.127. The molecule has 3 amide bonds. The molecule has 186 valence electrons. The summed E-state index contributed by atoms with van der Waals surface area (Å²) in [4.78, 5) is 41.4. The van der Waals surface area contributed by atoms with Crippen LogP contribution in [0.5, 0.6) is 0 Å². The number of nitrogens with zero attached hydrogens (tertiary/aromatic N) is 1. The lowest BCUT2D eigenvalue weighted by atomic mass is 9.86. The number of hydrogen-bond acceptors (Lipinski definition) is 4. The van der Waals surface area contributed by atoms with Crippen molar-refractivity contribution in [2.45, 2.75) is 71.5 Å². The Bertz CT molecular complexity index is 1090. The maximum atomic E-state index is 13.6. The molecule has 0 saturated heterocycles. The molecule has 0 spiro atoms. The van der Waals surface area contributed by atoms with E-state index in [0.717, 1.165) is 43.2 Å². The van der Waals surface area contributed by atoms with E-state index in [1.54, 1.807) is 23.1 Å². The van der Waals surface area contributed by atoms with Crippen LogP contribution in [0, 0.1) is 11.8 Å². The highest BCUT2D eigenvalue weighted by Crippen LogP contribution is 2.38. The third-order valence-electron chi connectivity index (χ3n) is 6.96. The van der Waals surface area contributed by atoms with Crippen LogP contribution in [0.15, 0.2) is 42.5 Å². The van der Waals surface area contributed by atoms with Crippen LogP contribution >= 0.6 is 0 Å². The van der Waals surface area contributed by atoms with E-state index < -0.39 is 6.04 Å². The quantitative estimate of drug-likeness (QED) is 0.552. The first-order valence-corrected chi connectivity index (χ1v) is 12.7. The van der Waals surface area contributed by atoms with Gasteiger partial charge in [0.15, 0.2) is 0 Å². The smallest absolute Gasteiger partial charge is 0.251 e. The number of carbonyl (C=O) groups excluding carboxylic acids is 3. The Morgan fingerprint density at radius 1 is 1.09 bits per heavy atom. The van der Waals surface area contributed by atoms with E-state index in [0.29, 0.717) is 36.4 Å². The molecule has 1 aliphatic heterocycles. The molecule has 0 radical (unpaired) electrons. The predicted molar refractivity (Wildman–Crippen MR) is 138 cm³/mol. The maximum absolute atomic E-state index is 13.6. The predicted octanol–water partition coefficient (Wildman–Crippen LogP) is 4.36. The summed E-state index contributed by atoms with van der Waals surface area (Å²) in [6, 6.07) is 12.4. The highest BCUT2D eigenvalue weighted by atomic mass is 16.2. The van der Waals surface area contributed by atoms with Crippen molar-refractivity contribution in [3.8, 4) is 0 Å². The van der Waals surface area contributed by atoms with Gasteiger partial charge >= 0.3 is 0 Å². The summed E-state index contributed by atoms with van der Waals surface area (Å²) in [5.41, 5.74) is 9.31. The van der Waals surface area contributed by atoms with Gasteiger partial charge in [-0.2, -0.15) is 0 Å². The fourth-order valence-corrected chi connectivity index (χ4v) is 5.12. The molecule has 2 aromatic rings. The van der Waals surface area contributed by atoms with E-state index in [1.807, 2.05) is 24.3 Å². The average Bonchev–Trinajstić information content (AvgIpc) is 2.87. The van der Waals surface area contributed by atoms with Gasteiger partial charge in [0, 0.05) is 24.6 Å². The zero-order valence-corrected chi connectivity index (χ0v) is 20.7. The van der Waals surface area contributed by atoms with Crippen LogP contribution in [0.4, 0.5) is 11.4 Å². The van der Waals surface area contributed by atoms with E-state index in [2.05, 4.69) is 24.5 Å². The molecule has 2 aromatic carbocycles. The second kappa shape index (κ2) is 11.0. The molecule has 0 bridgehead atoms. The van der Waals surface area contributed by atoms with E-state index in [9.17, 15) is 14.4 Å². The summed E-state index contributed by atoms with van der Waals surface area (Å²) in [6.45, 7) is 4.94. The normalized spacial score (nSPS) is 18.2. The van der Waals surface area contributed by atoms with Gasteiger partial charge in [-0.1, -0.05) is 57.4 Å². The number of benzene rings is 2. The number of fused-ring (bicyclic) bond motifs is 1. The summed E-state index contributed by atoms with van der Waals surface area (Å²) in [6.07, 6.45) is 5.58. The van der Waals surface area contributed by atoms with Crippen molar-refractivity contribution in [1.29, 1.82) is 0 Å². The second-order valence-electron chi connectivity index (χ2n) is 10.1. The van der Waals surface area contributed by atoms with Crippen LogP contribution in [0.3, 0.4) is 0 Å². The van der Waals surface area contributed by atoms with Crippen LogP contribution in [-0.4, -0.2) is 23.8 Å². The van der Waals surface area contributed by atoms with Gasteiger partial charge in [-0.25, -0.2) is 0 Å². The molecule has 1 fully saturated rings. The molecular formula is C28H36N4O3. The van der Waals surface area contributed by atoms with Gasteiger partial charge in [-0.15, -0.1) is 0 Å². The third-order valence-corrected chi connectivity index (χ3v) is 6.96. The minimum absolute atomic E-state index is 0.0310. The number of amides is 3. The van der Waals surface area contributed by atoms with Crippen LogP contribution in [0.1, 0.15) is 73.9 Å². The molecule has 1 unspecified atom stereocenters. The molecule has 1 heterocycles. The molecule has 7 nitrogen and oxygen atoms in total. The largest absolute Gasteiger partial charge is 0.348 e. The number of carbonyl (C=O) groups is 3. The van der Waals surface area contributed by atoms with Crippen LogP contribution < -0.4 is 21.3 Å². The van der Waals surface area contributed by atoms with Gasteiger partial charge in [0.25, 0.3) is 5.91 Å². The zero-order chi connectivity index (χ0) is 24.9. The molecule has 35 heavy (non-hydrogen) atoms. The van der Waals surface area contributed by atoms with Crippen molar-refractivity contribution in [3.63, 3.8) is 0 Å². The van der Waals surface area contributed by atoms with Gasteiger partial charge in [0.2, 0.25) is 11.8 Å². The number of nitrogens with one attached hydrogen (secondary N) is 2. The minimum atomic E-state index is -0.536. The Kier molecular flexibility index (Phi) is 7.86. The van der Waals surface area contributed by atoms with E-state index in [-0.39, 0.29) is 29.6 Å². The van der Waals surface area contributed by atoms with E-state index >= 15 is 0 Å². The molecule has 2 aliphatic rings. The number of nitrogens with two attached hydrogens (primary N) is 1. The van der Waals surface area contributed by atoms with Crippen molar-refractivity contribution >= 4 is 29.1 Å². The van der Waals surface area contributed by atoms with Gasteiger partial charge in [0.1, 0.15) is 6.04 Å². The lowest BCUT2D eigenvalue weighted by Gasteiger charge is -2.39. The fourth-order valence-electron chi connectivity index (χ4n) is 5.12. The monoisotopic (exact) mass is 476 g/mol.